The van der Waals surface area contributed by atoms with Gasteiger partial charge in [0.15, 0.2) is 6.61 Å². The zero-order valence-electron chi connectivity index (χ0n) is 15.5. The van der Waals surface area contributed by atoms with Gasteiger partial charge in [-0.3, -0.25) is 25.0 Å². The van der Waals surface area contributed by atoms with Crippen LogP contribution in [0.1, 0.15) is 11.1 Å². The number of halogens is 2. The minimum atomic E-state index is -0.864. The summed E-state index contributed by atoms with van der Waals surface area (Å²) >= 11 is 6.71. The zero-order valence-corrected chi connectivity index (χ0v) is 18.7. The van der Waals surface area contributed by atoms with Gasteiger partial charge in [0.05, 0.1) is 8.95 Å². The number of amides is 5. The molecule has 0 bridgehead atoms. The first-order valence-electron chi connectivity index (χ1n) is 8.59. The van der Waals surface area contributed by atoms with E-state index in [4.69, 9.17) is 4.74 Å². The van der Waals surface area contributed by atoms with Crippen molar-refractivity contribution in [2.24, 2.45) is 0 Å². The van der Waals surface area contributed by atoms with Gasteiger partial charge in [-0.05, 0) is 74.7 Å². The number of barbiturate groups is 1. The van der Waals surface area contributed by atoms with Gasteiger partial charge in [-0.25, -0.2) is 4.79 Å². The van der Waals surface area contributed by atoms with E-state index in [2.05, 4.69) is 37.2 Å². The standard InChI is InChI=1S/C20H15Br2N3O5/c1-10-2-4-12(5-3-10)23-16(26)9-30-17-14(21)7-11(8-15(17)22)6-13-18(27)24-20(29)25-19(13)28/h2-8H,9H2,1H3,(H,23,26)(H2,24,25,27,28,29). The molecule has 8 nitrogen and oxygen atoms in total. The van der Waals surface area contributed by atoms with E-state index in [1.807, 2.05) is 29.7 Å². The van der Waals surface area contributed by atoms with Crippen LogP contribution in [0.15, 0.2) is 50.9 Å². The van der Waals surface area contributed by atoms with Crippen LogP contribution in [-0.2, 0) is 14.4 Å². The van der Waals surface area contributed by atoms with Crippen molar-refractivity contribution in [3.05, 3.63) is 62.0 Å². The monoisotopic (exact) mass is 535 g/mol. The summed E-state index contributed by atoms with van der Waals surface area (Å²) in [6.45, 7) is 1.73. The molecule has 1 aliphatic heterocycles. The molecule has 0 aromatic heterocycles. The Kier molecular flexibility index (Phi) is 6.68. The van der Waals surface area contributed by atoms with Crippen molar-refractivity contribution in [3.8, 4) is 5.75 Å². The number of anilines is 1. The fraction of sp³-hybridized carbons (Fsp3) is 0.100. The van der Waals surface area contributed by atoms with Crippen molar-refractivity contribution in [2.75, 3.05) is 11.9 Å². The first-order chi connectivity index (χ1) is 14.2. The van der Waals surface area contributed by atoms with Gasteiger partial charge < -0.3 is 10.1 Å². The van der Waals surface area contributed by atoms with E-state index in [0.717, 1.165) is 5.56 Å². The molecular formula is C20H15Br2N3O5. The number of ether oxygens (including phenoxy) is 1. The van der Waals surface area contributed by atoms with E-state index in [9.17, 15) is 19.2 Å². The Morgan fingerprint density at radius 2 is 1.60 bits per heavy atom. The van der Waals surface area contributed by atoms with Crippen LogP contribution in [0.25, 0.3) is 6.08 Å². The average Bonchev–Trinajstić information content (AvgIpc) is 2.66. The highest BCUT2D eigenvalue weighted by Crippen LogP contribution is 2.35. The molecule has 2 aromatic rings. The molecule has 10 heteroatoms. The molecule has 3 rings (SSSR count). The van der Waals surface area contributed by atoms with Crippen LogP contribution in [0.3, 0.4) is 0 Å². The van der Waals surface area contributed by atoms with Crippen LogP contribution in [0.2, 0.25) is 0 Å². The van der Waals surface area contributed by atoms with Crippen LogP contribution in [0, 0.1) is 6.92 Å². The van der Waals surface area contributed by atoms with Crippen molar-refractivity contribution in [1.82, 2.24) is 10.6 Å². The second kappa shape index (κ2) is 9.23. The molecule has 1 fully saturated rings. The van der Waals surface area contributed by atoms with Gasteiger partial charge in [0, 0.05) is 5.69 Å². The quantitative estimate of drug-likeness (QED) is 0.401. The molecule has 1 aliphatic rings. The van der Waals surface area contributed by atoms with E-state index in [-0.39, 0.29) is 18.1 Å². The maximum Gasteiger partial charge on any atom is 0.328 e. The predicted octanol–water partition coefficient (Wildman–Crippen LogP) is 3.29. The fourth-order valence-corrected chi connectivity index (χ4v) is 4.00. The van der Waals surface area contributed by atoms with Crippen molar-refractivity contribution in [3.63, 3.8) is 0 Å². The summed E-state index contributed by atoms with van der Waals surface area (Å²) in [5, 5.41) is 6.75. The first-order valence-corrected chi connectivity index (χ1v) is 10.2. The number of nitrogens with one attached hydrogen (secondary N) is 3. The van der Waals surface area contributed by atoms with E-state index >= 15 is 0 Å². The van der Waals surface area contributed by atoms with Crippen molar-refractivity contribution >= 4 is 67.4 Å². The normalized spacial score (nSPS) is 13.4. The maximum absolute atomic E-state index is 12.1. The summed E-state index contributed by atoms with van der Waals surface area (Å²) in [7, 11) is 0. The molecule has 0 radical (unpaired) electrons. The lowest BCUT2D eigenvalue weighted by Gasteiger charge is -2.15. The summed E-state index contributed by atoms with van der Waals surface area (Å²) < 4.78 is 6.60. The summed E-state index contributed by atoms with van der Waals surface area (Å²) in [6.07, 6.45) is 1.33. The summed E-state index contributed by atoms with van der Waals surface area (Å²) in [5.74, 6) is -1.53. The second-order valence-corrected chi connectivity index (χ2v) is 8.02. The van der Waals surface area contributed by atoms with Crippen molar-refractivity contribution in [2.45, 2.75) is 6.92 Å². The first kappa shape index (κ1) is 21.7. The number of hydrogen-bond donors (Lipinski definition) is 3. The third kappa shape index (κ3) is 5.33. The summed E-state index contributed by atoms with van der Waals surface area (Å²) in [4.78, 5) is 47.0. The zero-order chi connectivity index (χ0) is 21.8. The third-order valence-electron chi connectivity index (χ3n) is 3.96. The molecule has 3 N–H and O–H groups in total. The second-order valence-electron chi connectivity index (χ2n) is 6.31. The number of hydrogen-bond acceptors (Lipinski definition) is 5. The Morgan fingerprint density at radius 1 is 1.03 bits per heavy atom. The maximum atomic E-state index is 12.1. The lowest BCUT2D eigenvalue weighted by molar-refractivity contribution is -0.124. The lowest BCUT2D eigenvalue weighted by atomic mass is 10.1. The molecule has 0 aliphatic carbocycles. The van der Waals surface area contributed by atoms with Gasteiger partial charge in [-0.2, -0.15) is 0 Å². The Labute approximate surface area is 188 Å². The highest BCUT2D eigenvalue weighted by molar-refractivity contribution is 9.11. The molecule has 30 heavy (non-hydrogen) atoms. The van der Waals surface area contributed by atoms with Crippen LogP contribution in [0.5, 0.6) is 5.75 Å². The number of urea groups is 1. The number of aryl methyl sites for hydroxylation is 1. The number of carbonyl (C=O) groups is 4. The van der Waals surface area contributed by atoms with Crippen LogP contribution < -0.4 is 20.7 Å². The molecule has 5 amide bonds. The minimum absolute atomic E-state index is 0.209. The van der Waals surface area contributed by atoms with E-state index < -0.39 is 17.8 Å². The minimum Gasteiger partial charge on any atom is -0.481 e. The Bertz CT molecular complexity index is 1040. The third-order valence-corrected chi connectivity index (χ3v) is 5.14. The lowest BCUT2D eigenvalue weighted by Crippen LogP contribution is -2.51. The molecule has 1 saturated heterocycles. The fourth-order valence-electron chi connectivity index (χ4n) is 2.55. The number of carbonyl (C=O) groups excluding carboxylic acids is 4. The highest BCUT2D eigenvalue weighted by Gasteiger charge is 2.27. The largest absolute Gasteiger partial charge is 0.481 e. The highest BCUT2D eigenvalue weighted by atomic mass is 79.9. The summed E-state index contributed by atoms with van der Waals surface area (Å²) in [5.41, 5.74) is 2.04. The van der Waals surface area contributed by atoms with Crippen molar-refractivity contribution in [1.29, 1.82) is 0 Å². The number of imide groups is 2. The smallest absolute Gasteiger partial charge is 0.328 e. The van der Waals surface area contributed by atoms with E-state index in [0.29, 0.717) is 25.9 Å². The molecule has 2 aromatic carbocycles. The van der Waals surface area contributed by atoms with E-state index in [1.165, 1.54) is 6.08 Å². The Morgan fingerprint density at radius 3 is 2.17 bits per heavy atom. The van der Waals surface area contributed by atoms with Gasteiger partial charge in [-0.1, -0.05) is 17.7 Å². The van der Waals surface area contributed by atoms with Gasteiger partial charge in [0.2, 0.25) is 0 Å². The molecular weight excluding hydrogens is 522 g/mol. The van der Waals surface area contributed by atoms with E-state index in [1.54, 1.807) is 24.3 Å². The van der Waals surface area contributed by atoms with Gasteiger partial charge in [0.25, 0.3) is 17.7 Å². The number of rotatable bonds is 5. The Balaban J connectivity index is 1.70. The average molecular weight is 537 g/mol. The Hall–Kier alpha value is -2.98. The summed E-state index contributed by atoms with van der Waals surface area (Å²) in [6, 6.07) is 9.74. The van der Waals surface area contributed by atoms with Crippen molar-refractivity contribution < 1.29 is 23.9 Å². The van der Waals surface area contributed by atoms with Crippen LogP contribution >= 0.6 is 31.9 Å². The molecule has 1 heterocycles. The topological polar surface area (TPSA) is 114 Å². The molecule has 0 unspecified atom stereocenters. The number of benzene rings is 2. The van der Waals surface area contributed by atoms with Crippen LogP contribution in [0.4, 0.5) is 10.5 Å². The van der Waals surface area contributed by atoms with Crippen LogP contribution in [-0.4, -0.2) is 30.4 Å². The molecule has 0 saturated carbocycles. The predicted molar refractivity (Wildman–Crippen MR) is 117 cm³/mol. The van der Waals surface area contributed by atoms with Gasteiger partial charge in [0.1, 0.15) is 11.3 Å². The molecule has 0 atom stereocenters. The van der Waals surface area contributed by atoms with Gasteiger partial charge in [-0.15, -0.1) is 0 Å². The molecule has 0 spiro atoms. The molecule has 154 valence electrons. The van der Waals surface area contributed by atoms with Gasteiger partial charge >= 0.3 is 6.03 Å². The SMILES string of the molecule is Cc1ccc(NC(=O)COc2c(Br)cc(C=C3C(=O)NC(=O)NC3=O)cc2Br)cc1.